The summed E-state index contributed by atoms with van der Waals surface area (Å²) in [5.74, 6) is -0.817. The number of nitrogens with one attached hydrogen (secondary N) is 2. The third-order valence-corrected chi connectivity index (χ3v) is 5.74. The summed E-state index contributed by atoms with van der Waals surface area (Å²) in [6.45, 7) is 1.77. The molecule has 172 valence electrons. The molecule has 2 N–H and O–H groups in total. The monoisotopic (exact) mass is 454 g/mol. The molecule has 0 aliphatic rings. The fraction of sp³-hybridized carbons (Fsp3) is 0.148. The van der Waals surface area contributed by atoms with Crippen LogP contribution in [0.2, 0.25) is 0 Å². The lowest BCUT2D eigenvalue weighted by Gasteiger charge is -2.18. The minimum atomic E-state index is -0.876. The lowest BCUT2D eigenvalue weighted by atomic mass is 10.0. The van der Waals surface area contributed by atoms with Crippen molar-refractivity contribution in [2.75, 3.05) is 5.32 Å². The van der Waals surface area contributed by atoms with Gasteiger partial charge >= 0.3 is 0 Å². The predicted molar refractivity (Wildman–Crippen MR) is 132 cm³/mol. The molecule has 0 unspecified atom stereocenters. The van der Waals surface area contributed by atoms with E-state index < -0.39 is 11.9 Å². The van der Waals surface area contributed by atoms with Crippen molar-refractivity contribution in [3.8, 4) is 5.69 Å². The van der Waals surface area contributed by atoms with Gasteiger partial charge in [-0.15, -0.1) is 0 Å². The summed E-state index contributed by atoms with van der Waals surface area (Å²) in [7, 11) is 1.76. The minimum Gasteiger partial charge on any atom is -0.340 e. The van der Waals surface area contributed by atoms with Gasteiger partial charge in [-0.25, -0.2) is 4.68 Å². The molecule has 0 fully saturated rings. The van der Waals surface area contributed by atoms with Gasteiger partial charge in [0, 0.05) is 19.0 Å². The molecule has 3 aromatic carbocycles. The maximum absolute atomic E-state index is 13.4. The van der Waals surface area contributed by atoms with E-state index >= 15 is 0 Å². The molecule has 1 aromatic heterocycles. The number of aromatic nitrogens is 2. The van der Waals surface area contributed by atoms with Crippen LogP contribution in [-0.2, 0) is 18.3 Å². The van der Waals surface area contributed by atoms with Crippen LogP contribution in [0.5, 0.6) is 0 Å². The number of nitrogens with zero attached hydrogens (tertiary/aromatic N) is 2. The Morgan fingerprint density at radius 1 is 0.853 bits per heavy atom. The van der Waals surface area contributed by atoms with Crippen LogP contribution in [0.15, 0.2) is 95.8 Å². The summed E-state index contributed by atoms with van der Waals surface area (Å²) in [5, 5.41) is 5.61. The highest BCUT2D eigenvalue weighted by Gasteiger charge is 2.25. The zero-order chi connectivity index (χ0) is 24.1. The summed E-state index contributed by atoms with van der Waals surface area (Å²) >= 11 is 0. The van der Waals surface area contributed by atoms with Gasteiger partial charge in [0.05, 0.1) is 11.4 Å². The quantitative estimate of drug-likeness (QED) is 0.449. The molecular weight excluding hydrogens is 428 g/mol. The van der Waals surface area contributed by atoms with E-state index in [0.717, 1.165) is 5.56 Å². The van der Waals surface area contributed by atoms with E-state index in [4.69, 9.17) is 0 Å². The minimum absolute atomic E-state index is 0.184. The Kier molecular flexibility index (Phi) is 6.73. The van der Waals surface area contributed by atoms with E-state index in [9.17, 15) is 14.4 Å². The third kappa shape index (κ3) is 4.83. The van der Waals surface area contributed by atoms with Gasteiger partial charge in [0.1, 0.15) is 11.7 Å². The molecule has 7 heteroatoms. The van der Waals surface area contributed by atoms with Gasteiger partial charge in [-0.05, 0) is 36.8 Å². The topological polar surface area (TPSA) is 85.1 Å². The largest absolute Gasteiger partial charge is 0.340 e. The first-order valence-electron chi connectivity index (χ1n) is 11.0. The third-order valence-electron chi connectivity index (χ3n) is 5.74. The van der Waals surface area contributed by atoms with Crippen LogP contribution in [0.1, 0.15) is 21.6 Å². The van der Waals surface area contributed by atoms with Crippen LogP contribution in [0.3, 0.4) is 0 Å². The number of hydrogen-bond acceptors (Lipinski definition) is 3. The molecule has 0 aliphatic heterocycles. The fourth-order valence-corrected chi connectivity index (χ4v) is 3.81. The molecule has 34 heavy (non-hydrogen) atoms. The summed E-state index contributed by atoms with van der Waals surface area (Å²) in [4.78, 5) is 39.4. The Bertz CT molecular complexity index is 1340. The fourth-order valence-electron chi connectivity index (χ4n) is 3.81. The molecule has 1 heterocycles. The molecule has 0 saturated heterocycles. The Morgan fingerprint density at radius 3 is 2.03 bits per heavy atom. The van der Waals surface area contributed by atoms with Crippen molar-refractivity contribution in [3.63, 3.8) is 0 Å². The van der Waals surface area contributed by atoms with Crippen molar-refractivity contribution >= 4 is 17.5 Å². The molecule has 2 amide bonds. The zero-order valence-electron chi connectivity index (χ0n) is 19.1. The smallest absolute Gasteiger partial charge is 0.295 e. The number of para-hydroxylation sites is 1. The number of anilines is 1. The van der Waals surface area contributed by atoms with E-state index in [1.165, 1.54) is 4.68 Å². The second-order valence-corrected chi connectivity index (χ2v) is 8.01. The molecule has 4 aromatic rings. The summed E-state index contributed by atoms with van der Waals surface area (Å²) < 4.78 is 3.20. The van der Waals surface area contributed by atoms with E-state index in [1.54, 1.807) is 42.9 Å². The number of carbonyl (C=O) groups is 2. The highest BCUT2D eigenvalue weighted by molar-refractivity contribution is 6.01. The Hall–Kier alpha value is -4.39. The van der Waals surface area contributed by atoms with Gasteiger partial charge in [-0.2, -0.15) is 0 Å². The van der Waals surface area contributed by atoms with Crippen LogP contribution in [0.25, 0.3) is 5.69 Å². The molecule has 0 aliphatic carbocycles. The highest BCUT2D eigenvalue weighted by atomic mass is 16.2. The van der Waals surface area contributed by atoms with E-state index in [2.05, 4.69) is 10.6 Å². The molecule has 1 atom stereocenters. The Morgan fingerprint density at radius 2 is 1.41 bits per heavy atom. The molecule has 0 spiro atoms. The van der Waals surface area contributed by atoms with E-state index in [-0.39, 0.29) is 23.6 Å². The highest BCUT2D eigenvalue weighted by Crippen LogP contribution is 2.15. The van der Waals surface area contributed by atoms with Crippen molar-refractivity contribution in [2.45, 2.75) is 19.4 Å². The molecular formula is C27H26N4O3. The lowest BCUT2D eigenvalue weighted by molar-refractivity contribution is -0.118. The Labute approximate surface area is 197 Å². The normalized spacial score (nSPS) is 11.6. The molecule has 4 rings (SSSR count). The van der Waals surface area contributed by atoms with Gasteiger partial charge in [0.2, 0.25) is 5.91 Å². The SMILES string of the molecule is Cc1c(NC(=O)[C@H](Cc2ccccc2)NC(=O)c2ccccc2)c(=O)n(-c2ccccc2)n1C. The van der Waals surface area contributed by atoms with Gasteiger partial charge in [-0.1, -0.05) is 66.7 Å². The molecule has 7 nitrogen and oxygen atoms in total. The van der Waals surface area contributed by atoms with E-state index in [1.807, 2.05) is 66.7 Å². The second kappa shape index (κ2) is 10.0. The van der Waals surface area contributed by atoms with Crippen LogP contribution in [0, 0.1) is 6.92 Å². The molecule has 0 bridgehead atoms. The standard InChI is InChI=1S/C27H26N4O3/c1-19-24(27(34)31(30(19)2)22-16-10-5-11-17-22)29-26(33)23(18-20-12-6-3-7-13-20)28-25(32)21-14-8-4-9-15-21/h3-17,23H,18H2,1-2H3,(H,28,32)(H,29,33)/t23-/m0/s1. The van der Waals surface area contributed by atoms with Crippen molar-refractivity contribution in [1.29, 1.82) is 0 Å². The van der Waals surface area contributed by atoms with Crippen LogP contribution < -0.4 is 16.2 Å². The van der Waals surface area contributed by atoms with Gasteiger partial charge in [0.25, 0.3) is 11.5 Å². The number of amides is 2. The van der Waals surface area contributed by atoms with E-state index in [0.29, 0.717) is 16.9 Å². The predicted octanol–water partition coefficient (Wildman–Crippen LogP) is 3.46. The zero-order valence-corrected chi connectivity index (χ0v) is 19.1. The first kappa shape index (κ1) is 22.8. The maximum Gasteiger partial charge on any atom is 0.295 e. The number of benzene rings is 3. The van der Waals surface area contributed by atoms with Crippen LogP contribution >= 0.6 is 0 Å². The first-order valence-corrected chi connectivity index (χ1v) is 11.0. The van der Waals surface area contributed by atoms with Crippen molar-refractivity contribution < 1.29 is 9.59 Å². The van der Waals surface area contributed by atoms with Gasteiger partial charge in [0.15, 0.2) is 0 Å². The maximum atomic E-state index is 13.4. The van der Waals surface area contributed by atoms with Crippen LogP contribution in [-0.4, -0.2) is 27.2 Å². The average molecular weight is 455 g/mol. The van der Waals surface area contributed by atoms with Gasteiger partial charge in [-0.3, -0.25) is 19.1 Å². The first-order chi connectivity index (χ1) is 16.5. The van der Waals surface area contributed by atoms with Crippen molar-refractivity contribution in [3.05, 3.63) is 118 Å². The number of carbonyl (C=O) groups excluding carboxylic acids is 2. The lowest BCUT2D eigenvalue weighted by Crippen LogP contribution is -2.45. The summed E-state index contributed by atoms with van der Waals surface area (Å²) in [6, 6.07) is 26.5. The summed E-state index contributed by atoms with van der Waals surface area (Å²) in [5.41, 5.74) is 2.49. The van der Waals surface area contributed by atoms with Gasteiger partial charge < -0.3 is 10.6 Å². The Balaban J connectivity index is 1.63. The average Bonchev–Trinajstić information content (AvgIpc) is 3.08. The van der Waals surface area contributed by atoms with Crippen molar-refractivity contribution in [1.82, 2.24) is 14.7 Å². The molecule has 0 saturated carbocycles. The number of rotatable bonds is 7. The van der Waals surface area contributed by atoms with Crippen molar-refractivity contribution in [2.24, 2.45) is 7.05 Å². The second-order valence-electron chi connectivity index (χ2n) is 8.01. The van der Waals surface area contributed by atoms with Crippen LogP contribution in [0.4, 0.5) is 5.69 Å². The summed E-state index contributed by atoms with van der Waals surface area (Å²) in [6.07, 6.45) is 0.282. The molecule has 0 radical (unpaired) electrons. The number of hydrogen-bond donors (Lipinski definition) is 2.